The van der Waals surface area contributed by atoms with Gasteiger partial charge in [-0.05, 0) is 96.9 Å². The smallest absolute Gasteiger partial charge is 0.395 e. The van der Waals surface area contributed by atoms with Crippen molar-refractivity contribution in [1.29, 1.82) is 0 Å². The molecule has 3 aromatic rings. The number of aromatic nitrogens is 1. The van der Waals surface area contributed by atoms with Crippen molar-refractivity contribution in [2.24, 2.45) is 17.8 Å². The number of ether oxygens (including phenoxy) is 2. The highest BCUT2D eigenvalue weighted by Gasteiger charge is 2.44. The number of pyridine rings is 1. The zero-order chi connectivity index (χ0) is 23.4. The summed E-state index contributed by atoms with van der Waals surface area (Å²) in [5, 5.41) is 0.903. The molecule has 2 aliphatic carbocycles. The van der Waals surface area contributed by atoms with E-state index in [1.165, 1.54) is 23.8 Å². The Hall–Kier alpha value is -3.09. The topological polar surface area (TPSA) is 48.4 Å². The van der Waals surface area contributed by atoms with E-state index in [0.717, 1.165) is 36.6 Å². The number of fused-ring (bicyclic) bond motifs is 3. The van der Waals surface area contributed by atoms with E-state index >= 15 is 0 Å². The van der Waals surface area contributed by atoms with Crippen LogP contribution in [-0.2, 0) is 11.2 Å². The van der Waals surface area contributed by atoms with Gasteiger partial charge in [0, 0.05) is 24.4 Å². The Bertz CT molecular complexity index is 1260. The molecule has 1 aliphatic heterocycles. The average molecular weight is 467 g/mol. The predicted molar refractivity (Wildman–Crippen MR) is 119 cm³/mol. The van der Waals surface area contributed by atoms with Gasteiger partial charge in [0.2, 0.25) is 0 Å². The monoisotopic (exact) mass is 467 g/mol. The molecule has 2 heterocycles. The number of ketones is 1. The molecule has 34 heavy (non-hydrogen) atoms. The van der Waals surface area contributed by atoms with E-state index < -0.39 is 6.29 Å². The summed E-state index contributed by atoms with van der Waals surface area (Å²) in [6.45, 7) is 0. The Morgan fingerprint density at radius 1 is 0.971 bits per heavy atom. The van der Waals surface area contributed by atoms with Crippen LogP contribution in [-0.4, -0.2) is 17.1 Å². The summed E-state index contributed by atoms with van der Waals surface area (Å²) in [6.07, 6.45) is 3.03. The quantitative estimate of drug-likeness (QED) is 0.435. The third kappa shape index (κ3) is 4.01. The van der Waals surface area contributed by atoms with Crippen molar-refractivity contribution in [1.82, 2.24) is 4.98 Å². The highest BCUT2D eigenvalue weighted by Crippen LogP contribution is 2.54. The van der Waals surface area contributed by atoms with Crippen LogP contribution >= 0.6 is 0 Å². The molecule has 6 rings (SSSR count). The lowest BCUT2D eigenvalue weighted by Gasteiger charge is -2.16. The summed E-state index contributed by atoms with van der Waals surface area (Å²) in [5.74, 6) is 1.74. The summed E-state index contributed by atoms with van der Waals surface area (Å²) >= 11 is 0. The minimum atomic E-state index is -3.65. The molecule has 2 unspecified atom stereocenters. The number of carbonyl (C=O) groups is 1. The summed E-state index contributed by atoms with van der Waals surface area (Å²) in [7, 11) is 0. The first-order valence-electron chi connectivity index (χ1n) is 11.8. The second-order valence-electron chi connectivity index (χ2n) is 9.96. The first-order chi connectivity index (χ1) is 16.3. The number of nitrogens with zero attached hydrogens (tertiary/aromatic N) is 1. The number of carbonyl (C=O) groups excluding carboxylic acids is 1. The van der Waals surface area contributed by atoms with Crippen LogP contribution in [0, 0.1) is 23.6 Å². The van der Waals surface area contributed by atoms with Crippen molar-refractivity contribution in [2.45, 2.75) is 50.7 Å². The van der Waals surface area contributed by atoms with Gasteiger partial charge in [-0.2, -0.15) is 0 Å². The third-order valence-corrected chi connectivity index (χ3v) is 7.67. The van der Waals surface area contributed by atoms with Crippen LogP contribution in [0.25, 0.3) is 10.9 Å². The van der Waals surface area contributed by atoms with Crippen LogP contribution in [0.5, 0.6) is 11.5 Å². The second kappa shape index (κ2) is 8.00. The Morgan fingerprint density at radius 3 is 2.53 bits per heavy atom. The normalized spacial score (nSPS) is 26.7. The molecule has 2 saturated carbocycles. The second-order valence-corrected chi connectivity index (χ2v) is 9.96. The van der Waals surface area contributed by atoms with Crippen molar-refractivity contribution in [2.75, 3.05) is 0 Å². The largest absolute Gasteiger partial charge is 0.586 e. The van der Waals surface area contributed by atoms with E-state index in [4.69, 9.17) is 0 Å². The summed E-state index contributed by atoms with van der Waals surface area (Å²) in [4.78, 5) is 17.1. The van der Waals surface area contributed by atoms with Crippen molar-refractivity contribution in [3.63, 3.8) is 0 Å². The summed E-state index contributed by atoms with van der Waals surface area (Å²) < 4.78 is 49.2. The zero-order valence-electron chi connectivity index (χ0n) is 18.5. The maximum atomic E-state index is 13.9. The Balaban J connectivity index is 1.07. The van der Waals surface area contributed by atoms with E-state index in [-0.39, 0.29) is 29.5 Å². The van der Waals surface area contributed by atoms with Gasteiger partial charge in [-0.1, -0.05) is 6.07 Å². The molecule has 7 heteroatoms. The number of alkyl halides is 2. The number of Topliss-reactive ketones (excluding diaryl/α,β-unsaturated/α-hetero) is 1. The highest BCUT2D eigenvalue weighted by atomic mass is 19.3. The number of hydrogen-bond donors (Lipinski definition) is 0. The minimum Gasteiger partial charge on any atom is -0.395 e. The van der Waals surface area contributed by atoms with Gasteiger partial charge in [0.15, 0.2) is 11.5 Å². The average Bonchev–Trinajstić information content (AvgIpc) is 3.42. The predicted octanol–water partition coefficient (Wildman–Crippen LogP) is 6.42. The fourth-order valence-corrected chi connectivity index (χ4v) is 6.38. The molecule has 3 aliphatic rings. The molecule has 0 spiro atoms. The van der Waals surface area contributed by atoms with Gasteiger partial charge in [0.1, 0.15) is 11.6 Å². The third-order valence-electron chi connectivity index (χ3n) is 7.67. The molecule has 0 amide bonds. The first-order valence-corrected chi connectivity index (χ1v) is 11.8. The molecule has 4 nitrogen and oxygen atoms in total. The summed E-state index contributed by atoms with van der Waals surface area (Å²) in [5.41, 5.74) is 2.66. The molecule has 0 N–H and O–H groups in total. The van der Waals surface area contributed by atoms with Crippen molar-refractivity contribution < 1.29 is 27.4 Å². The Morgan fingerprint density at radius 2 is 1.74 bits per heavy atom. The molecule has 4 atom stereocenters. The van der Waals surface area contributed by atoms with Gasteiger partial charge < -0.3 is 9.47 Å². The van der Waals surface area contributed by atoms with Gasteiger partial charge in [-0.25, -0.2) is 4.39 Å². The molecule has 2 aromatic carbocycles. The van der Waals surface area contributed by atoms with E-state index in [0.29, 0.717) is 35.7 Å². The SMILES string of the molecule is O=C(Cc1ccc2c(c1)OC(F)(F)O2)CC1C[C@@H]2CC(c3ccnc4ccc(F)cc34)C[C@@H]2C1. The Labute approximate surface area is 195 Å². The van der Waals surface area contributed by atoms with E-state index in [9.17, 15) is 18.0 Å². The van der Waals surface area contributed by atoms with Gasteiger partial charge in [-0.3, -0.25) is 9.78 Å². The molecule has 1 aromatic heterocycles. The van der Waals surface area contributed by atoms with Gasteiger partial charge in [0.25, 0.3) is 0 Å². The van der Waals surface area contributed by atoms with Crippen molar-refractivity contribution in [3.8, 4) is 11.5 Å². The molecule has 0 radical (unpaired) electrons. The fourth-order valence-electron chi connectivity index (χ4n) is 6.38. The van der Waals surface area contributed by atoms with Gasteiger partial charge in [0.05, 0.1) is 5.52 Å². The standard InChI is InChI=1S/C27H24F3NO3/c28-20-2-3-24-23(14-20)22(5-6-31-24)19-12-17-7-16(8-18(17)13-19)10-21(32)9-15-1-4-25-26(11-15)34-27(29,30)33-25/h1-6,11,14,16-19H,7-10,12-13H2/t16?,17-,18+,19?. The van der Waals surface area contributed by atoms with Crippen LogP contribution in [0.2, 0.25) is 0 Å². The zero-order valence-corrected chi connectivity index (χ0v) is 18.5. The number of hydrogen-bond acceptors (Lipinski definition) is 4. The van der Waals surface area contributed by atoms with E-state index in [1.807, 2.05) is 12.3 Å². The van der Waals surface area contributed by atoms with E-state index in [2.05, 4.69) is 14.5 Å². The number of benzene rings is 2. The van der Waals surface area contributed by atoms with Crippen molar-refractivity contribution in [3.05, 3.63) is 65.6 Å². The maximum Gasteiger partial charge on any atom is 0.586 e. The van der Waals surface area contributed by atoms with Crippen LogP contribution < -0.4 is 9.47 Å². The fraction of sp³-hybridized carbons (Fsp3) is 0.407. The van der Waals surface area contributed by atoms with Gasteiger partial charge in [-0.15, -0.1) is 8.78 Å². The van der Waals surface area contributed by atoms with Crippen LogP contribution in [0.3, 0.4) is 0 Å². The number of halogens is 3. The molecular formula is C27H24F3NO3. The summed E-state index contributed by atoms with van der Waals surface area (Å²) in [6, 6.07) is 11.3. The lowest BCUT2D eigenvalue weighted by atomic mass is 9.88. The van der Waals surface area contributed by atoms with E-state index in [1.54, 1.807) is 18.2 Å². The lowest BCUT2D eigenvalue weighted by Crippen LogP contribution is -2.25. The maximum absolute atomic E-state index is 13.9. The van der Waals surface area contributed by atoms with Crippen molar-refractivity contribution >= 4 is 16.7 Å². The minimum absolute atomic E-state index is 0.0101. The molecular weight excluding hydrogens is 443 g/mol. The molecule has 2 fully saturated rings. The van der Waals surface area contributed by atoms with Crippen LogP contribution in [0.4, 0.5) is 13.2 Å². The first kappa shape index (κ1) is 21.4. The molecule has 0 bridgehead atoms. The Kier molecular flexibility index (Phi) is 5.04. The van der Waals surface area contributed by atoms with Gasteiger partial charge >= 0.3 is 6.29 Å². The van der Waals surface area contributed by atoms with Crippen LogP contribution in [0.1, 0.15) is 49.1 Å². The lowest BCUT2D eigenvalue weighted by molar-refractivity contribution is -0.286. The molecule has 176 valence electrons. The highest BCUT2D eigenvalue weighted by molar-refractivity contribution is 5.83. The molecule has 0 saturated heterocycles. The van der Waals surface area contributed by atoms with Crippen LogP contribution in [0.15, 0.2) is 48.7 Å². The number of rotatable bonds is 5.